The van der Waals surface area contributed by atoms with Crippen molar-refractivity contribution in [3.63, 3.8) is 0 Å². The number of thioether (sulfide) groups is 1. The molecule has 0 bridgehead atoms. The van der Waals surface area contributed by atoms with E-state index >= 15 is 0 Å². The molecule has 0 saturated carbocycles. The first-order valence-electron chi connectivity index (χ1n) is 8.70. The lowest BCUT2D eigenvalue weighted by Gasteiger charge is -2.16. The third-order valence-corrected chi connectivity index (χ3v) is 5.09. The van der Waals surface area contributed by atoms with Crippen LogP contribution in [0.5, 0.6) is 0 Å². The number of aromatic nitrogens is 2. The van der Waals surface area contributed by atoms with Crippen molar-refractivity contribution in [2.24, 2.45) is 0 Å². The summed E-state index contributed by atoms with van der Waals surface area (Å²) in [6.07, 6.45) is 1.92. The minimum absolute atomic E-state index is 0.0377. The number of benzene rings is 1. The molecule has 0 spiro atoms. The molecular weight excluding hydrogens is 364 g/mol. The second-order valence-corrected chi connectivity index (χ2v) is 7.16. The minimum Gasteiger partial charge on any atom is -0.462 e. The molecule has 0 unspecified atom stereocenters. The molecule has 27 heavy (non-hydrogen) atoms. The maximum Gasteiger partial charge on any atom is 0.343 e. The van der Waals surface area contributed by atoms with Crippen LogP contribution in [0.15, 0.2) is 29.6 Å². The first kappa shape index (κ1) is 20.7. The Kier molecular flexibility index (Phi) is 7.18. The zero-order valence-electron chi connectivity index (χ0n) is 15.9. The van der Waals surface area contributed by atoms with Gasteiger partial charge in [0, 0.05) is 11.9 Å². The SMILES string of the molecule is CCOC(=O)c1cnc(S[C@H](CC)C(=O)Nc2cc(C)ccc2C)nc1N. The fraction of sp³-hybridized carbons (Fsp3) is 0.368. The molecule has 2 rings (SSSR count). The zero-order valence-corrected chi connectivity index (χ0v) is 16.7. The molecule has 1 aromatic heterocycles. The van der Waals surface area contributed by atoms with Gasteiger partial charge >= 0.3 is 5.97 Å². The lowest BCUT2D eigenvalue weighted by Crippen LogP contribution is -2.25. The largest absolute Gasteiger partial charge is 0.462 e. The molecule has 2 aromatic rings. The number of hydrogen-bond acceptors (Lipinski definition) is 7. The monoisotopic (exact) mass is 388 g/mol. The molecule has 1 atom stereocenters. The zero-order chi connectivity index (χ0) is 20.0. The van der Waals surface area contributed by atoms with Gasteiger partial charge < -0.3 is 15.8 Å². The highest BCUT2D eigenvalue weighted by molar-refractivity contribution is 8.00. The van der Waals surface area contributed by atoms with Crippen molar-refractivity contribution in [2.75, 3.05) is 17.7 Å². The number of anilines is 2. The summed E-state index contributed by atoms with van der Waals surface area (Å²) in [4.78, 5) is 32.7. The Labute approximate surface area is 163 Å². The lowest BCUT2D eigenvalue weighted by atomic mass is 10.1. The minimum atomic E-state index is -0.564. The van der Waals surface area contributed by atoms with Gasteiger partial charge in [0.05, 0.1) is 11.9 Å². The third-order valence-electron chi connectivity index (χ3n) is 3.85. The molecule has 1 aromatic carbocycles. The molecule has 0 fully saturated rings. The van der Waals surface area contributed by atoms with Crippen molar-refractivity contribution < 1.29 is 14.3 Å². The third kappa shape index (κ3) is 5.43. The molecule has 0 saturated heterocycles. The number of ether oxygens (including phenoxy) is 1. The molecule has 0 aliphatic rings. The smallest absolute Gasteiger partial charge is 0.343 e. The summed E-state index contributed by atoms with van der Waals surface area (Å²) in [7, 11) is 0. The maximum absolute atomic E-state index is 12.7. The number of nitrogens with zero attached hydrogens (tertiary/aromatic N) is 2. The number of amides is 1. The molecule has 0 aliphatic heterocycles. The number of esters is 1. The van der Waals surface area contributed by atoms with Crippen LogP contribution in [0, 0.1) is 13.8 Å². The normalized spacial score (nSPS) is 11.7. The van der Waals surface area contributed by atoms with Crippen LogP contribution >= 0.6 is 11.8 Å². The highest BCUT2D eigenvalue weighted by atomic mass is 32.2. The van der Waals surface area contributed by atoms with Crippen LogP contribution in [0.4, 0.5) is 11.5 Å². The Balaban J connectivity index is 2.11. The number of carbonyl (C=O) groups excluding carboxylic acids is 2. The van der Waals surface area contributed by atoms with Crippen LogP contribution in [0.25, 0.3) is 0 Å². The van der Waals surface area contributed by atoms with Crippen LogP contribution < -0.4 is 11.1 Å². The second-order valence-electron chi connectivity index (χ2n) is 5.99. The molecule has 3 N–H and O–H groups in total. The van der Waals surface area contributed by atoms with Gasteiger partial charge in [0.2, 0.25) is 5.91 Å². The van der Waals surface area contributed by atoms with E-state index in [2.05, 4.69) is 15.3 Å². The predicted molar refractivity (Wildman–Crippen MR) is 107 cm³/mol. The number of hydrogen-bond donors (Lipinski definition) is 2. The van der Waals surface area contributed by atoms with E-state index in [0.717, 1.165) is 16.8 Å². The number of nitrogen functional groups attached to an aromatic ring is 1. The Morgan fingerprint density at radius 2 is 2.04 bits per heavy atom. The van der Waals surface area contributed by atoms with Crippen molar-refractivity contribution in [2.45, 2.75) is 44.5 Å². The summed E-state index contributed by atoms with van der Waals surface area (Å²) in [5.74, 6) is -0.658. The van der Waals surface area contributed by atoms with Crippen LogP contribution in [0.2, 0.25) is 0 Å². The average molecular weight is 388 g/mol. The molecule has 0 radical (unpaired) electrons. The van der Waals surface area contributed by atoms with Crippen LogP contribution in [-0.4, -0.2) is 33.7 Å². The van der Waals surface area contributed by atoms with Crippen LogP contribution in [0.3, 0.4) is 0 Å². The van der Waals surface area contributed by atoms with E-state index < -0.39 is 11.2 Å². The van der Waals surface area contributed by atoms with Gasteiger partial charge in [-0.2, -0.15) is 0 Å². The summed E-state index contributed by atoms with van der Waals surface area (Å²) in [5.41, 5.74) is 8.81. The first-order valence-corrected chi connectivity index (χ1v) is 9.58. The van der Waals surface area contributed by atoms with Crippen molar-refractivity contribution in [1.29, 1.82) is 0 Å². The van der Waals surface area contributed by atoms with Crippen LogP contribution in [-0.2, 0) is 9.53 Å². The lowest BCUT2D eigenvalue weighted by molar-refractivity contribution is -0.115. The van der Waals surface area contributed by atoms with Crippen molar-refractivity contribution in [1.82, 2.24) is 9.97 Å². The van der Waals surface area contributed by atoms with Gasteiger partial charge in [0.1, 0.15) is 11.4 Å². The quantitative estimate of drug-likeness (QED) is 0.425. The fourth-order valence-electron chi connectivity index (χ4n) is 2.33. The Bertz CT molecular complexity index is 842. The van der Waals surface area contributed by atoms with E-state index in [1.807, 2.05) is 39.0 Å². The second kappa shape index (κ2) is 9.36. The molecule has 1 heterocycles. The molecular formula is C19H24N4O3S. The summed E-state index contributed by atoms with van der Waals surface area (Å²) >= 11 is 1.21. The summed E-state index contributed by atoms with van der Waals surface area (Å²) in [6.45, 7) is 7.78. The molecule has 0 aliphatic carbocycles. The highest BCUT2D eigenvalue weighted by Crippen LogP contribution is 2.26. The number of carbonyl (C=O) groups is 2. The van der Waals surface area contributed by atoms with Gasteiger partial charge in [-0.05, 0) is 44.4 Å². The summed E-state index contributed by atoms with van der Waals surface area (Å²) in [6, 6.07) is 5.91. The van der Waals surface area contributed by atoms with E-state index in [9.17, 15) is 9.59 Å². The van der Waals surface area contributed by atoms with E-state index in [1.54, 1.807) is 6.92 Å². The standard InChI is InChI=1S/C19H24N4O3S/c1-5-15(17(24)22-14-9-11(3)7-8-12(14)4)27-19-21-10-13(16(20)23-19)18(25)26-6-2/h7-10,15H,5-6H2,1-4H3,(H,22,24)(H2,20,21,23)/t15-/m1/s1. The number of aryl methyl sites for hydroxylation is 2. The molecule has 1 amide bonds. The van der Waals surface area contributed by atoms with E-state index in [1.165, 1.54) is 18.0 Å². The van der Waals surface area contributed by atoms with Gasteiger partial charge in [-0.25, -0.2) is 14.8 Å². The Morgan fingerprint density at radius 3 is 2.67 bits per heavy atom. The van der Waals surface area contributed by atoms with Gasteiger partial charge in [-0.3, -0.25) is 4.79 Å². The highest BCUT2D eigenvalue weighted by Gasteiger charge is 2.21. The number of nitrogens with two attached hydrogens (primary N) is 1. The van der Waals surface area contributed by atoms with Crippen molar-refractivity contribution in [3.8, 4) is 0 Å². The van der Waals surface area contributed by atoms with E-state index in [0.29, 0.717) is 11.6 Å². The van der Waals surface area contributed by atoms with E-state index in [-0.39, 0.29) is 23.9 Å². The van der Waals surface area contributed by atoms with Crippen molar-refractivity contribution in [3.05, 3.63) is 41.1 Å². The number of rotatable bonds is 7. The van der Waals surface area contributed by atoms with Crippen LogP contribution in [0.1, 0.15) is 41.8 Å². The molecule has 8 heteroatoms. The van der Waals surface area contributed by atoms with E-state index in [4.69, 9.17) is 10.5 Å². The molecule has 144 valence electrons. The Hall–Kier alpha value is -2.61. The van der Waals surface area contributed by atoms with Gasteiger partial charge in [-0.1, -0.05) is 30.8 Å². The van der Waals surface area contributed by atoms with Gasteiger partial charge in [-0.15, -0.1) is 0 Å². The fourth-order valence-corrected chi connectivity index (χ4v) is 3.19. The summed E-state index contributed by atoms with van der Waals surface area (Å²) in [5, 5.41) is 2.91. The van der Waals surface area contributed by atoms with Gasteiger partial charge in [0.25, 0.3) is 0 Å². The summed E-state index contributed by atoms with van der Waals surface area (Å²) < 4.78 is 4.91. The Morgan fingerprint density at radius 1 is 1.30 bits per heavy atom. The maximum atomic E-state index is 12.7. The topological polar surface area (TPSA) is 107 Å². The van der Waals surface area contributed by atoms with Gasteiger partial charge in [0.15, 0.2) is 5.16 Å². The first-order chi connectivity index (χ1) is 12.8. The predicted octanol–water partition coefficient (Wildman–Crippen LogP) is 3.36. The molecule has 7 nitrogen and oxygen atoms in total. The van der Waals surface area contributed by atoms with Crippen molar-refractivity contribution >= 4 is 35.1 Å². The average Bonchev–Trinajstić information content (AvgIpc) is 2.62. The number of nitrogens with one attached hydrogen (secondary N) is 1.